The number of carbonyl (C=O) groups is 2. The predicted octanol–water partition coefficient (Wildman–Crippen LogP) is 1.87. The van der Waals surface area contributed by atoms with E-state index in [2.05, 4.69) is 9.73 Å². The Bertz CT molecular complexity index is 764. The van der Waals surface area contributed by atoms with Gasteiger partial charge in [-0.25, -0.2) is 18.4 Å². The Morgan fingerprint density at radius 3 is 2.43 bits per heavy atom. The molecule has 1 heterocycles. The van der Waals surface area contributed by atoms with Gasteiger partial charge in [-0.2, -0.15) is 0 Å². The van der Waals surface area contributed by atoms with E-state index in [1.165, 1.54) is 0 Å². The van der Waals surface area contributed by atoms with Gasteiger partial charge in [0.1, 0.15) is 17.9 Å². The first-order valence-electron chi connectivity index (χ1n) is 5.51. The van der Waals surface area contributed by atoms with Crippen LogP contribution in [0.4, 0.5) is 14.5 Å². The van der Waals surface area contributed by atoms with E-state index in [9.17, 15) is 23.2 Å². The Morgan fingerprint density at radius 1 is 1.14 bits per heavy atom. The molecule has 0 saturated carbocycles. The fourth-order valence-corrected chi connectivity index (χ4v) is 1.49. The van der Waals surface area contributed by atoms with Crippen LogP contribution in [0.3, 0.4) is 0 Å². The number of benzene rings is 1. The number of nitrogens with one attached hydrogen (secondary N) is 1. The summed E-state index contributed by atoms with van der Waals surface area (Å²) in [6.07, 6.45) is 0.858. The smallest absolute Gasteiger partial charge is 0.338 e. The molecule has 0 aliphatic rings. The third-order valence-electron chi connectivity index (χ3n) is 2.50. The van der Waals surface area contributed by atoms with Gasteiger partial charge >= 0.3 is 11.6 Å². The summed E-state index contributed by atoms with van der Waals surface area (Å²) < 4.78 is 31.2. The monoisotopic (exact) mass is 295 g/mol. The zero-order chi connectivity index (χ0) is 15.6. The second-order valence-electron chi connectivity index (χ2n) is 3.91. The zero-order valence-corrected chi connectivity index (χ0v) is 10.2. The van der Waals surface area contributed by atoms with E-state index in [-0.39, 0.29) is 5.56 Å². The Morgan fingerprint density at radius 2 is 1.86 bits per heavy atom. The van der Waals surface area contributed by atoms with Gasteiger partial charge in [-0.1, -0.05) is 0 Å². The van der Waals surface area contributed by atoms with Crippen molar-refractivity contribution < 1.29 is 27.9 Å². The van der Waals surface area contributed by atoms with E-state index in [1.807, 2.05) is 0 Å². The largest absolute Gasteiger partial charge is 0.478 e. The number of hydrogen-bond donors (Lipinski definition) is 2. The highest BCUT2D eigenvalue weighted by atomic mass is 19.1. The Kier molecular flexibility index (Phi) is 3.79. The highest BCUT2D eigenvalue weighted by Gasteiger charge is 2.17. The van der Waals surface area contributed by atoms with Crippen molar-refractivity contribution in [2.24, 2.45) is 0 Å². The van der Waals surface area contributed by atoms with Crippen molar-refractivity contribution in [3.63, 3.8) is 0 Å². The van der Waals surface area contributed by atoms with Gasteiger partial charge in [0, 0.05) is 12.1 Å². The molecule has 2 N–H and O–H groups in total. The van der Waals surface area contributed by atoms with Crippen LogP contribution in [0, 0.1) is 11.6 Å². The molecule has 21 heavy (non-hydrogen) atoms. The van der Waals surface area contributed by atoms with Crippen LogP contribution in [-0.2, 0) is 0 Å². The van der Waals surface area contributed by atoms with E-state index < -0.39 is 40.4 Å². The molecule has 0 radical (unpaired) electrons. The second kappa shape index (κ2) is 5.53. The lowest BCUT2D eigenvalue weighted by molar-refractivity contribution is 0.0691. The minimum atomic E-state index is -1.60. The second-order valence-corrected chi connectivity index (χ2v) is 3.91. The maximum absolute atomic E-state index is 13.5. The van der Waals surface area contributed by atoms with Crippen LogP contribution in [0.5, 0.6) is 0 Å². The van der Waals surface area contributed by atoms with Crippen LogP contribution in [-0.4, -0.2) is 17.0 Å². The number of anilines is 1. The first-order chi connectivity index (χ1) is 9.88. The Hall–Kier alpha value is -3.03. The van der Waals surface area contributed by atoms with Gasteiger partial charge in [-0.05, 0) is 12.1 Å². The summed E-state index contributed by atoms with van der Waals surface area (Å²) >= 11 is 0. The number of amides is 1. The van der Waals surface area contributed by atoms with Gasteiger partial charge < -0.3 is 14.8 Å². The average Bonchev–Trinajstić information content (AvgIpc) is 2.42. The molecule has 1 amide bonds. The van der Waals surface area contributed by atoms with Crippen LogP contribution in [0.1, 0.15) is 20.7 Å². The van der Waals surface area contributed by atoms with Crippen molar-refractivity contribution in [2.75, 3.05) is 5.32 Å². The van der Waals surface area contributed by atoms with E-state index in [0.29, 0.717) is 12.1 Å². The molecule has 0 atom stereocenters. The maximum atomic E-state index is 13.5. The van der Waals surface area contributed by atoms with E-state index in [1.54, 1.807) is 0 Å². The van der Waals surface area contributed by atoms with Crippen molar-refractivity contribution in [3.05, 3.63) is 63.7 Å². The lowest BCUT2D eigenvalue weighted by atomic mass is 10.1. The molecule has 6 nitrogen and oxygen atoms in total. The minimum Gasteiger partial charge on any atom is -0.478 e. The van der Waals surface area contributed by atoms with Crippen LogP contribution in [0.15, 0.2) is 39.7 Å². The molecule has 0 spiro atoms. The molecule has 0 fully saturated rings. The predicted molar refractivity (Wildman–Crippen MR) is 66.2 cm³/mol. The molecule has 0 bridgehead atoms. The zero-order valence-electron chi connectivity index (χ0n) is 10.2. The molecule has 0 saturated heterocycles. The molecule has 2 rings (SSSR count). The van der Waals surface area contributed by atoms with Gasteiger partial charge in [-0.15, -0.1) is 0 Å². The molecular formula is C13H7F2NO5. The summed E-state index contributed by atoms with van der Waals surface area (Å²) in [5.74, 6) is -4.85. The summed E-state index contributed by atoms with van der Waals surface area (Å²) in [5, 5.41) is 10.8. The third kappa shape index (κ3) is 3.11. The minimum absolute atomic E-state index is 0.0878. The normalized spacial score (nSPS) is 10.2. The van der Waals surface area contributed by atoms with Gasteiger partial charge in [0.25, 0.3) is 5.91 Å². The SMILES string of the molecule is O=C(Nc1cc(C(=O)O)c(F)cc1F)c1ccc(=O)oc1. The quantitative estimate of drug-likeness (QED) is 0.901. The van der Waals surface area contributed by atoms with E-state index >= 15 is 0 Å². The van der Waals surface area contributed by atoms with E-state index in [0.717, 1.165) is 18.4 Å². The van der Waals surface area contributed by atoms with Crippen molar-refractivity contribution in [1.29, 1.82) is 0 Å². The summed E-state index contributed by atoms with van der Waals surface area (Å²) in [6.45, 7) is 0. The molecular weight excluding hydrogens is 288 g/mol. The van der Waals surface area contributed by atoms with Crippen LogP contribution < -0.4 is 10.9 Å². The van der Waals surface area contributed by atoms with Crippen molar-refractivity contribution >= 4 is 17.6 Å². The molecule has 0 aliphatic heterocycles. The number of carboxylic acids is 1. The van der Waals surface area contributed by atoms with Gasteiger partial charge in [0.2, 0.25) is 0 Å². The molecule has 2 aromatic rings. The summed E-state index contributed by atoms with van der Waals surface area (Å²) in [4.78, 5) is 33.3. The molecule has 0 aliphatic carbocycles. The first-order valence-corrected chi connectivity index (χ1v) is 5.51. The fraction of sp³-hybridized carbons (Fsp3) is 0. The van der Waals surface area contributed by atoms with Crippen molar-refractivity contribution in [2.45, 2.75) is 0 Å². The Balaban J connectivity index is 2.33. The summed E-state index contributed by atoms with van der Waals surface area (Å²) in [7, 11) is 0. The van der Waals surface area contributed by atoms with Crippen LogP contribution in [0.25, 0.3) is 0 Å². The standard InChI is InChI=1S/C13H7F2NO5/c14-8-4-9(15)10(3-7(8)13(19)20)16-12(18)6-1-2-11(17)21-5-6/h1-5H,(H,16,18)(H,19,20). The van der Waals surface area contributed by atoms with Gasteiger partial charge in [-0.3, -0.25) is 4.79 Å². The number of carbonyl (C=O) groups excluding carboxylic acids is 1. The van der Waals surface area contributed by atoms with E-state index in [4.69, 9.17) is 5.11 Å². The first kappa shape index (κ1) is 14.4. The summed E-state index contributed by atoms with van der Waals surface area (Å²) in [6, 6.07) is 3.13. The number of aromatic carboxylic acids is 1. The third-order valence-corrected chi connectivity index (χ3v) is 2.50. The Labute approximate surface area is 115 Å². The van der Waals surface area contributed by atoms with Crippen LogP contribution >= 0.6 is 0 Å². The molecule has 8 heteroatoms. The number of carboxylic acid groups (broad SMARTS) is 1. The van der Waals surface area contributed by atoms with Crippen molar-refractivity contribution in [1.82, 2.24) is 0 Å². The van der Waals surface area contributed by atoms with Gasteiger partial charge in [0.05, 0.1) is 16.8 Å². The topological polar surface area (TPSA) is 96.6 Å². The molecule has 0 unspecified atom stereocenters. The number of hydrogen-bond acceptors (Lipinski definition) is 4. The highest BCUT2D eigenvalue weighted by molar-refractivity contribution is 6.04. The number of halogens is 2. The fourth-order valence-electron chi connectivity index (χ4n) is 1.49. The van der Waals surface area contributed by atoms with Gasteiger partial charge in [0.15, 0.2) is 0 Å². The highest BCUT2D eigenvalue weighted by Crippen LogP contribution is 2.20. The molecule has 108 valence electrons. The lowest BCUT2D eigenvalue weighted by Crippen LogP contribution is -2.15. The molecule has 1 aromatic carbocycles. The lowest BCUT2D eigenvalue weighted by Gasteiger charge is -2.07. The maximum Gasteiger partial charge on any atom is 0.338 e. The molecule has 1 aromatic heterocycles. The van der Waals surface area contributed by atoms with Crippen molar-refractivity contribution in [3.8, 4) is 0 Å². The average molecular weight is 295 g/mol. The number of rotatable bonds is 3. The van der Waals surface area contributed by atoms with Crippen LogP contribution in [0.2, 0.25) is 0 Å². The summed E-state index contributed by atoms with van der Waals surface area (Å²) in [5.41, 5.74) is -2.06.